The zero-order chi connectivity index (χ0) is 8.85. The number of carboxylic acids is 1. The molecule has 0 fully saturated rings. The molecule has 0 aliphatic heterocycles. The molecule has 0 aliphatic carbocycles. The summed E-state index contributed by atoms with van der Waals surface area (Å²) in [6.07, 6.45) is 1.19. The molecule has 0 spiro atoms. The molecule has 0 saturated heterocycles. The maximum Gasteiger partial charge on any atom is 0.320 e. The van der Waals surface area contributed by atoms with E-state index >= 15 is 0 Å². The van der Waals surface area contributed by atoms with Gasteiger partial charge >= 0.3 is 5.97 Å². The van der Waals surface area contributed by atoms with Gasteiger partial charge in [0.1, 0.15) is 6.04 Å². The predicted octanol–water partition coefficient (Wildman–Crippen LogP) is 0.835. The van der Waals surface area contributed by atoms with Gasteiger partial charge in [0.15, 0.2) is 0 Å². The lowest BCUT2D eigenvalue weighted by atomic mass is 10.0. The van der Waals surface area contributed by atoms with Crippen molar-refractivity contribution < 1.29 is 11.3 Å². The zero-order valence-corrected chi connectivity index (χ0v) is 6.21. The van der Waals surface area contributed by atoms with E-state index in [1.165, 1.54) is 0 Å². The summed E-state index contributed by atoms with van der Waals surface area (Å²) < 4.78 is 6.97. The van der Waals surface area contributed by atoms with Crippen LogP contribution in [-0.4, -0.2) is 17.1 Å². The lowest BCUT2D eigenvalue weighted by molar-refractivity contribution is -0.138. The Morgan fingerprint density at radius 3 is 2.80 bits per heavy atom. The molecule has 3 nitrogen and oxygen atoms in total. The fraction of sp³-hybridized carbons (Fsp3) is 0.857. The third-order valence-electron chi connectivity index (χ3n) is 1.29. The number of aliphatic carboxylic acids is 1. The molecule has 0 amide bonds. The van der Waals surface area contributed by atoms with Crippen LogP contribution in [-0.2, 0) is 4.79 Å². The molecule has 0 saturated carbocycles. The Balaban J connectivity index is 3.45. The first-order chi connectivity index (χ1) is 5.07. The highest BCUT2D eigenvalue weighted by molar-refractivity contribution is 5.72. The van der Waals surface area contributed by atoms with Crippen molar-refractivity contribution in [2.45, 2.75) is 32.7 Å². The van der Waals surface area contributed by atoms with Gasteiger partial charge in [-0.05, 0) is 18.8 Å². The highest BCUT2D eigenvalue weighted by atomic mass is 16.4. The van der Waals surface area contributed by atoms with Gasteiger partial charge in [-0.2, -0.15) is 0 Å². The van der Waals surface area contributed by atoms with Crippen molar-refractivity contribution >= 4 is 5.97 Å². The Kier molecular flexibility index (Phi) is 3.22. The van der Waals surface area contributed by atoms with Crippen molar-refractivity contribution in [3.05, 3.63) is 0 Å². The van der Waals surface area contributed by atoms with Gasteiger partial charge < -0.3 is 10.8 Å². The van der Waals surface area contributed by atoms with Crippen LogP contribution in [0.1, 0.15) is 28.0 Å². The van der Waals surface area contributed by atoms with E-state index < -0.39 is 12.0 Å². The number of hydrogen-bond donors (Lipinski definition) is 2. The molecule has 2 atom stereocenters. The largest absolute Gasteiger partial charge is 0.480 e. The monoisotopic (exact) mass is 146 g/mol. The summed E-state index contributed by atoms with van der Waals surface area (Å²) in [6, 6.07) is -0.760. The number of nitrogens with two attached hydrogens (primary N) is 1. The number of hydrogen-bond acceptors (Lipinski definition) is 2. The van der Waals surface area contributed by atoms with Gasteiger partial charge in [0.25, 0.3) is 0 Å². The lowest BCUT2D eigenvalue weighted by Crippen LogP contribution is -2.30. The normalized spacial score (nSPS) is 17.6. The number of carbonyl (C=O) groups is 1. The quantitative estimate of drug-likeness (QED) is 0.617. The van der Waals surface area contributed by atoms with E-state index in [9.17, 15) is 4.79 Å². The van der Waals surface area contributed by atoms with E-state index in [1.54, 1.807) is 0 Å². The first kappa shape index (κ1) is 7.54. The van der Waals surface area contributed by atoms with Crippen molar-refractivity contribution in [1.82, 2.24) is 0 Å². The molecule has 3 N–H and O–H groups in total. The topological polar surface area (TPSA) is 63.3 Å². The second-order valence-corrected chi connectivity index (χ2v) is 2.63. The van der Waals surface area contributed by atoms with E-state index in [0.717, 1.165) is 6.42 Å². The van der Waals surface area contributed by atoms with Gasteiger partial charge in [0.05, 0.1) is 0 Å². The summed E-state index contributed by atoms with van der Waals surface area (Å²) in [5, 5.41) is 8.40. The summed E-state index contributed by atoms with van der Waals surface area (Å²) in [5.74, 6) is -0.706. The molecule has 60 valence electrons. The predicted molar refractivity (Wildman–Crippen MR) is 39.7 cm³/mol. The summed E-state index contributed by atoms with van der Waals surface area (Å²) >= 11 is 0. The molecule has 0 bridgehead atoms. The van der Waals surface area contributed by atoms with Crippen molar-refractivity contribution in [3.8, 4) is 0 Å². The third-order valence-corrected chi connectivity index (χ3v) is 1.29. The molecular formula is C7H15NO2. The van der Waals surface area contributed by atoms with Gasteiger partial charge in [-0.25, -0.2) is 0 Å². The maximum atomic E-state index is 10.2. The second kappa shape index (κ2) is 4.28. The molecular weight excluding hydrogens is 130 g/mol. The summed E-state index contributed by atoms with van der Waals surface area (Å²) in [7, 11) is 0. The summed E-state index contributed by atoms with van der Waals surface area (Å²) in [4.78, 5) is 10.2. The highest BCUT2D eigenvalue weighted by Crippen LogP contribution is 2.04. The maximum absolute atomic E-state index is 10.2. The standard InChI is InChI=1S/C7H15NO2/c1-5(2)3-4-6(8)7(9)10/h5-6H,3-4,8H2,1-2H3,(H,9,10)/t6-/m0/s1/i1D/t5?,6-. The summed E-state index contributed by atoms with van der Waals surface area (Å²) in [5.41, 5.74) is 5.26. The lowest BCUT2D eigenvalue weighted by Gasteiger charge is -2.07. The van der Waals surface area contributed by atoms with Gasteiger partial charge in [0.2, 0.25) is 0 Å². The molecule has 3 heteroatoms. The summed E-state index contributed by atoms with van der Waals surface area (Å²) in [6.45, 7) is 2.26. The number of carboxylic acid groups (broad SMARTS) is 1. The van der Waals surface area contributed by atoms with Crippen LogP contribution in [0.25, 0.3) is 0 Å². The van der Waals surface area contributed by atoms with Crippen molar-refractivity contribution in [1.29, 1.82) is 0 Å². The van der Waals surface area contributed by atoms with E-state index in [4.69, 9.17) is 12.2 Å². The van der Waals surface area contributed by atoms with Gasteiger partial charge in [-0.1, -0.05) is 13.8 Å². The van der Waals surface area contributed by atoms with E-state index in [1.807, 2.05) is 6.92 Å². The molecule has 0 aliphatic rings. The molecule has 0 rings (SSSR count). The van der Waals surface area contributed by atoms with Crippen molar-refractivity contribution in [3.63, 3.8) is 0 Å². The number of rotatable bonds is 4. The van der Waals surface area contributed by atoms with Crippen LogP contribution in [0.3, 0.4) is 0 Å². The van der Waals surface area contributed by atoms with Crippen LogP contribution in [0.15, 0.2) is 0 Å². The van der Waals surface area contributed by atoms with Crippen LogP contribution in [0.2, 0.25) is 0 Å². The van der Waals surface area contributed by atoms with Crippen LogP contribution >= 0.6 is 0 Å². The van der Waals surface area contributed by atoms with Crippen molar-refractivity contribution in [2.24, 2.45) is 11.7 Å². The van der Waals surface area contributed by atoms with Gasteiger partial charge in [0, 0.05) is 1.37 Å². The van der Waals surface area contributed by atoms with Crippen molar-refractivity contribution in [2.75, 3.05) is 0 Å². The van der Waals surface area contributed by atoms with E-state index in [-0.39, 0.29) is 5.92 Å². The molecule has 10 heavy (non-hydrogen) atoms. The molecule has 1 unspecified atom stereocenters. The SMILES string of the molecule is [2H]CC(C)CC[C@H](N)C(=O)O. The zero-order valence-electron chi connectivity index (χ0n) is 7.21. The van der Waals surface area contributed by atoms with Crippen LogP contribution < -0.4 is 5.73 Å². The fourth-order valence-corrected chi connectivity index (χ4v) is 0.588. The average Bonchev–Trinajstić information content (AvgIpc) is 1.99. The van der Waals surface area contributed by atoms with Gasteiger partial charge in [-0.15, -0.1) is 0 Å². The first-order valence-electron chi connectivity index (χ1n) is 4.06. The Hall–Kier alpha value is -0.570. The minimum Gasteiger partial charge on any atom is -0.480 e. The fourth-order valence-electron chi connectivity index (χ4n) is 0.588. The Labute approximate surface area is 62.6 Å². The second-order valence-electron chi connectivity index (χ2n) is 2.63. The van der Waals surface area contributed by atoms with E-state index in [2.05, 4.69) is 0 Å². The Bertz CT molecular complexity index is 130. The molecule has 0 aromatic heterocycles. The van der Waals surface area contributed by atoms with Crippen LogP contribution in [0.4, 0.5) is 0 Å². The average molecular weight is 146 g/mol. The molecule has 0 heterocycles. The molecule has 0 radical (unpaired) electrons. The first-order valence-corrected chi connectivity index (χ1v) is 3.35. The third kappa shape index (κ3) is 4.32. The highest BCUT2D eigenvalue weighted by Gasteiger charge is 2.10. The minimum absolute atomic E-state index is 0.250. The van der Waals surface area contributed by atoms with Gasteiger partial charge in [-0.3, -0.25) is 4.79 Å². The molecule has 0 aromatic carbocycles. The minimum atomic E-state index is -0.956. The van der Waals surface area contributed by atoms with E-state index in [0.29, 0.717) is 13.3 Å². The van der Waals surface area contributed by atoms with Crippen LogP contribution in [0.5, 0.6) is 0 Å². The van der Waals surface area contributed by atoms with Crippen LogP contribution in [0, 0.1) is 5.92 Å². The molecule has 0 aromatic rings. The smallest absolute Gasteiger partial charge is 0.320 e. The Morgan fingerprint density at radius 1 is 1.80 bits per heavy atom. The Morgan fingerprint density at radius 2 is 2.40 bits per heavy atom.